The van der Waals surface area contributed by atoms with Crippen LogP contribution in [-0.2, 0) is 6.54 Å². The molecule has 2 fully saturated rings. The zero-order valence-electron chi connectivity index (χ0n) is 12.0. The number of H-pyrrole nitrogens is 1. The van der Waals surface area contributed by atoms with Gasteiger partial charge in [0.1, 0.15) is 10.5 Å². The van der Waals surface area contributed by atoms with E-state index >= 15 is 0 Å². The summed E-state index contributed by atoms with van der Waals surface area (Å²) >= 11 is 1.44. The topological polar surface area (TPSA) is 61.0 Å². The number of fused-ring (bicyclic) bond motifs is 1. The molecule has 6 heteroatoms. The molecule has 2 aromatic heterocycles. The van der Waals surface area contributed by atoms with Crippen molar-refractivity contribution in [1.29, 1.82) is 0 Å². The van der Waals surface area contributed by atoms with E-state index in [2.05, 4.69) is 20.2 Å². The summed E-state index contributed by atoms with van der Waals surface area (Å²) < 4.78 is 0.717. The van der Waals surface area contributed by atoms with Crippen molar-refractivity contribution >= 4 is 21.6 Å². The summed E-state index contributed by atoms with van der Waals surface area (Å²) in [5, 5.41) is 5.36. The van der Waals surface area contributed by atoms with E-state index in [4.69, 9.17) is 0 Å². The number of aromatic nitrogens is 2. The van der Waals surface area contributed by atoms with Gasteiger partial charge in [0.25, 0.3) is 5.56 Å². The first-order valence-corrected chi connectivity index (χ1v) is 8.59. The molecule has 0 amide bonds. The van der Waals surface area contributed by atoms with E-state index in [0.717, 1.165) is 34.5 Å². The molecule has 0 spiro atoms. The average molecular weight is 304 g/mol. The highest BCUT2D eigenvalue weighted by molar-refractivity contribution is 7.17. The third-order valence-corrected chi connectivity index (χ3v) is 5.37. The van der Waals surface area contributed by atoms with Crippen LogP contribution in [0.3, 0.4) is 0 Å². The molecule has 1 saturated heterocycles. The van der Waals surface area contributed by atoms with Crippen molar-refractivity contribution in [3.05, 3.63) is 27.6 Å². The molecule has 1 saturated carbocycles. The first-order valence-electron chi connectivity index (χ1n) is 7.71. The van der Waals surface area contributed by atoms with Gasteiger partial charge in [-0.2, -0.15) is 0 Å². The van der Waals surface area contributed by atoms with Gasteiger partial charge < -0.3 is 15.2 Å². The molecule has 1 atom stereocenters. The maximum absolute atomic E-state index is 11.9. The molecule has 0 bridgehead atoms. The van der Waals surface area contributed by atoms with Crippen LogP contribution >= 0.6 is 11.3 Å². The fraction of sp³-hybridized carbons (Fsp3) is 0.600. The van der Waals surface area contributed by atoms with Crippen LogP contribution in [0.5, 0.6) is 0 Å². The molecule has 1 aliphatic carbocycles. The smallest absolute Gasteiger partial charge is 0.268 e. The van der Waals surface area contributed by atoms with Crippen molar-refractivity contribution in [2.24, 2.45) is 5.92 Å². The van der Waals surface area contributed by atoms with Crippen molar-refractivity contribution in [1.82, 2.24) is 20.2 Å². The number of rotatable bonds is 5. The van der Waals surface area contributed by atoms with Gasteiger partial charge in [-0.25, -0.2) is 4.98 Å². The third-order valence-electron chi connectivity index (χ3n) is 4.47. The molecule has 112 valence electrons. The molecule has 4 rings (SSSR count). The van der Waals surface area contributed by atoms with Crippen LogP contribution in [0.2, 0.25) is 0 Å². The maximum Gasteiger partial charge on any atom is 0.268 e. The molecule has 0 aromatic carbocycles. The maximum atomic E-state index is 11.9. The Bertz CT molecular complexity index is 690. The molecule has 1 aliphatic heterocycles. The predicted molar refractivity (Wildman–Crippen MR) is 84.6 cm³/mol. The second-order valence-corrected chi connectivity index (χ2v) is 7.08. The van der Waals surface area contributed by atoms with E-state index < -0.39 is 0 Å². The monoisotopic (exact) mass is 304 g/mol. The van der Waals surface area contributed by atoms with Crippen LogP contribution < -0.4 is 10.9 Å². The third kappa shape index (κ3) is 2.88. The van der Waals surface area contributed by atoms with Crippen molar-refractivity contribution in [2.75, 3.05) is 19.6 Å². The molecular formula is C15H20N4OS. The minimum Gasteiger partial charge on any atom is -0.310 e. The van der Waals surface area contributed by atoms with Gasteiger partial charge in [-0.05, 0) is 49.7 Å². The van der Waals surface area contributed by atoms with Crippen molar-refractivity contribution in [2.45, 2.75) is 31.8 Å². The molecule has 0 radical (unpaired) electrons. The standard InChI is InChI=1S/C15H20N4OS/c20-15-14-12(4-6-21-14)17-13(18-15)8-16-7-10-3-5-19(9-10)11-1-2-11/h4,6,10-11,16H,1-3,5,7-9H2,(H,17,18,20). The van der Waals surface area contributed by atoms with Crippen LogP contribution in [-0.4, -0.2) is 40.5 Å². The Morgan fingerprint density at radius 3 is 3.19 bits per heavy atom. The molecule has 1 unspecified atom stereocenters. The summed E-state index contributed by atoms with van der Waals surface area (Å²) in [6, 6.07) is 2.79. The van der Waals surface area contributed by atoms with Crippen LogP contribution in [0.4, 0.5) is 0 Å². The molecule has 5 nitrogen and oxygen atoms in total. The largest absolute Gasteiger partial charge is 0.310 e. The molecule has 2 aliphatic rings. The van der Waals surface area contributed by atoms with Crippen molar-refractivity contribution in [3.8, 4) is 0 Å². The fourth-order valence-corrected chi connectivity index (χ4v) is 3.93. The average Bonchev–Trinajstić information content (AvgIpc) is 3.02. The van der Waals surface area contributed by atoms with Gasteiger partial charge in [0, 0.05) is 12.6 Å². The first kappa shape index (κ1) is 13.4. The Morgan fingerprint density at radius 2 is 2.33 bits per heavy atom. The van der Waals surface area contributed by atoms with Gasteiger partial charge in [0.2, 0.25) is 0 Å². The predicted octanol–water partition coefficient (Wildman–Crippen LogP) is 1.56. The number of aromatic amines is 1. The summed E-state index contributed by atoms with van der Waals surface area (Å²) in [7, 11) is 0. The van der Waals surface area contributed by atoms with Gasteiger partial charge >= 0.3 is 0 Å². The van der Waals surface area contributed by atoms with Crippen LogP contribution in [0.15, 0.2) is 16.2 Å². The van der Waals surface area contributed by atoms with Gasteiger partial charge in [0.05, 0.1) is 12.1 Å². The Kier molecular flexibility index (Phi) is 3.52. The lowest BCUT2D eigenvalue weighted by Gasteiger charge is -2.15. The highest BCUT2D eigenvalue weighted by atomic mass is 32.1. The van der Waals surface area contributed by atoms with E-state index in [1.165, 1.54) is 43.7 Å². The van der Waals surface area contributed by atoms with E-state index in [-0.39, 0.29) is 5.56 Å². The second kappa shape index (κ2) is 5.51. The summed E-state index contributed by atoms with van der Waals surface area (Å²) in [4.78, 5) is 21.9. The molecule has 3 heterocycles. The van der Waals surface area contributed by atoms with Gasteiger partial charge in [-0.15, -0.1) is 11.3 Å². The summed E-state index contributed by atoms with van der Waals surface area (Å²) in [5.41, 5.74) is 0.786. The minimum atomic E-state index is -0.0208. The Hall–Kier alpha value is -1.24. The molecule has 21 heavy (non-hydrogen) atoms. The van der Waals surface area contributed by atoms with Gasteiger partial charge in [-0.1, -0.05) is 0 Å². The van der Waals surface area contributed by atoms with Crippen molar-refractivity contribution in [3.63, 3.8) is 0 Å². The number of thiophene rings is 1. The Balaban J connectivity index is 1.32. The fourth-order valence-electron chi connectivity index (χ4n) is 3.20. The zero-order chi connectivity index (χ0) is 14.2. The normalized spacial score (nSPS) is 23.1. The SMILES string of the molecule is O=c1[nH]c(CNCC2CCN(C3CC3)C2)nc2ccsc12. The van der Waals surface area contributed by atoms with E-state index in [9.17, 15) is 4.79 Å². The lowest BCUT2D eigenvalue weighted by molar-refractivity contribution is 0.311. The number of hydrogen-bond acceptors (Lipinski definition) is 5. The highest BCUT2D eigenvalue weighted by Gasteiger charge is 2.33. The second-order valence-electron chi connectivity index (χ2n) is 6.16. The van der Waals surface area contributed by atoms with Crippen LogP contribution in [0.1, 0.15) is 25.1 Å². The van der Waals surface area contributed by atoms with E-state index in [1.807, 2.05) is 11.4 Å². The van der Waals surface area contributed by atoms with Crippen molar-refractivity contribution < 1.29 is 0 Å². The number of likely N-dealkylation sites (tertiary alicyclic amines) is 1. The Labute approximate surface area is 127 Å². The quantitative estimate of drug-likeness (QED) is 0.880. The zero-order valence-corrected chi connectivity index (χ0v) is 12.8. The lowest BCUT2D eigenvalue weighted by atomic mass is 10.1. The van der Waals surface area contributed by atoms with E-state index in [1.54, 1.807) is 0 Å². The summed E-state index contributed by atoms with van der Waals surface area (Å²) in [5.74, 6) is 1.48. The molecular weight excluding hydrogens is 284 g/mol. The van der Waals surface area contributed by atoms with Crippen LogP contribution in [0.25, 0.3) is 10.2 Å². The summed E-state index contributed by atoms with van der Waals surface area (Å²) in [6.07, 6.45) is 4.08. The number of nitrogens with one attached hydrogen (secondary N) is 2. The van der Waals surface area contributed by atoms with Crippen LogP contribution in [0, 0.1) is 5.92 Å². The Morgan fingerprint density at radius 1 is 1.43 bits per heavy atom. The number of hydrogen-bond donors (Lipinski definition) is 2. The van der Waals surface area contributed by atoms with E-state index in [0.29, 0.717) is 6.54 Å². The highest BCUT2D eigenvalue weighted by Crippen LogP contribution is 2.31. The first-order chi connectivity index (χ1) is 10.3. The molecule has 2 N–H and O–H groups in total. The number of nitrogens with zero attached hydrogens (tertiary/aromatic N) is 2. The van der Waals surface area contributed by atoms with Gasteiger partial charge in [-0.3, -0.25) is 4.79 Å². The lowest BCUT2D eigenvalue weighted by Crippen LogP contribution is -2.28. The molecule has 2 aromatic rings. The van der Waals surface area contributed by atoms with Gasteiger partial charge in [0.15, 0.2) is 0 Å². The minimum absolute atomic E-state index is 0.0208. The summed E-state index contributed by atoms with van der Waals surface area (Å²) in [6.45, 7) is 4.13.